The standard InChI is InChI=1S/C15H25NO/c1-6-17-13-9-7-12(8-10-13)14(16-5)11-15(2,3)4/h7-10,14,16H,6,11H2,1-5H3. The normalized spacial score (nSPS) is 13.5. The van der Waals surface area contributed by atoms with E-state index in [0.29, 0.717) is 11.5 Å². The molecule has 0 radical (unpaired) electrons. The molecule has 0 saturated heterocycles. The zero-order valence-corrected chi connectivity index (χ0v) is 11.7. The minimum Gasteiger partial charge on any atom is -0.494 e. The molecule has 0 aliphatic rings. The third-order valence-corrected chi connectivity index (χ3v) is 2.76. The molecular formula is C15H25NO. The molecule has 0 aliphatic heterocycles. The Morgan fingerprint density at radius 3 is 2.18 bits per heavy atom. The van der Waals surface area contributed by atoms with E-state index in [4.69, 9.17) is 4.74 Å². The maximum absolute atomic E-state index is 5.45. The first-order valence-electron chi connectivity index (χ1n) is 6.36. The lowest BCUT2D eigenvalue weighted by molar-refractivity contribution is 0.320. The summed E-state index contributed by atoms with van der Waals surface area (Å²) in [6.45, 7) is 9.53. The van der Waals surface area contributed by atoms with Gasteiger partial charge in [0.25, 0.3) is 0 Å². The SMILES string of the molecule is CCOc1ccc(C(CC(C)(C)C)NC)cc1. The van der Waals surface area contributed by atoms with E-state index >= 15 is 0 Å². The van der Waals surface area contributed by atoms with Crippen LogP contribution in [0.25, 0.3) is 0 Å². The summed E-state index contributed by atoms with van der Waals surface area (Å²) in [5, 5.41) is 3.39. The van der Waals surface area contributed by atoms with Crippen LogP contribution < -0.4 is 10.1 Å². The summed E-state index contributed by atoms with van der Waals surface area (Å²) < 4.78 is 5.45. The van der Waals surface area contributed by atoms with Crippen molar-refractivity contribution in [1.82, 2.24) is 5.32 Å². The Morgan fingerprint density at radius 1 is 1.18 bits per heavy atom. The summed E-state index contributed by atoms with van der Waals surface area (Å²) in [4.78, 5) is 0. The highest BCUT2D eigenvalue weighted by Crippen LogP contribution is 2.29. The predicted octanol–water partition coefficient (Wildman–Crippen LogP) is 3.78. The van der Waals surface area contributed by atoms with E-state index in [-0.39, 0.29) is 0 Å². The van der Waals surface area contributed by atoms with Gasteiger partial charge in [0.1, 0.15) is 5.75 Å². The zero-order valence-electron chi connectivity index (χ0n) is 11.7. The van der Waals surface area contributed by atoms with Gasteiger partial charge in [-0.05, 0) is 43.5 Å². The van der Waals surface area contributed by atoms with E-state index in [2.05, 4.69) is 38.2 Å². The van der Waals surface area contributed by atoms with Gasteiger partial charge in [0.05, 0.1) is 6.61 Å². The van der Waals surface area contributed by atoms with E-state index in [9.17, 15) is 0 Å². The van der Waals surface area contributed by atoms with Crippen LogP contribution in [0.3, 0.4) is 0 Å². The van der Waals surface area contributed by atoms with Crippen LogP contribution in [0.4, 0.5) is 0 Å². The molecule has 0 spiro atoms. The summed E-state index contributed by atoms with van der Waals surface area (Å²) in [5.74, 6) is 0.946. The van der Waals surface area contributed by atoms with Gasteiger partial charge in [-0.3, -0.25) is 0 Å². The Hall–Kier alpha value is -1.02. The summed E-state index contributed by atoms with van der Waals surface area (Å²) in [6, 6.07) is 8.80. The van der Waals surface area contributed by atoms with Gasteiger partial charge < -0.3 is 10.1 Å². The number of hydrogen-bond donors (Lipinski definition) is 1. The average molecular weight is 235 g/mol. The van der Waals surface area contributed by atoms with E-state index in [1.54, 1.807) is 0 Å². The van der Waals surface area contributed by atoms with Crippen LogP contribution in [0.1, 0.15) is 45.7 Å². The molecule has 1 N–H and O–H groups in total. The molecule has 17 heavy (non-hydrogen) atoms. The topological polar surface area (TPSA) is 21.3 Å². The number of hydrogen-bond acceptors (Lipinski definition) is 2. The van der Waals surface area contributed by atoms with Crippen LogP contribution in [0.5, 0.6) is 5.75 Å². The smallest absolute Gasteiger partial charge is 0.119 e. The van der Waals surface area contributed by atoms with Crippen molar-refractivity contribution in [3.63, 3.8) is 0 Å². The van der Waals surface area contributed by atoms with Gasteiger partial charge in [0, 0.05) is 6.04 Å². The second-order valence-corrected chi connectivity index (χ2v) is 5.61. The first-order valence-corrected chi connectivity index (χ1v) is 6.36. The Bertz CT molecular complexity index is 324. The fourth-order valence-electron chi connectivity index (χ4n) is 1.96. The molecule has 2 nitrogen and oxygen atoms in total. The van der Waals surface area contributed by atoms with Crippen LogP contribution in [-0.4, -0.2) is 13.7 Å². The minimum atomic E-state index is 0.326. The van der Waals surface area contributed by atoms with Crippen LogP contribution in [0.2, 0.25) is 0 Å². The van der Waals surface area contributed by atoms with Crippen molar-refractivity contribution in [3.05, 3.63) is 29.8 Å². The van der Waals surface area contributed by atoms with Gasteiger partial charge in [-0.15, -0.1) is 0 Å². The van der Waals surface area contributed by atoms with Crippen molar-refractivity contribution in [2.75, 3.05) is 13.7 Å². The van der Waals surface area contributed by atoms with Crippen molar-refractivity contribution >= 4 is 0 Å². The molecule has 96 valence electrons. The fourth-order valence-corrected chi connectivity index (χ4v) is 1.96. The summed E-state index contributed by atoms with van der Waals surface area (Å²) in [7, 11) is 2.02. The second kappa shape index (κ2) is 6.06. The van der Waals surface area contributed by atoms with Gasteiger partial charge in [0.2, 0.25) is 0 Å². The lowest BCUT2D eigenvalue weighted by Gasteiger charge is -2.26. The quantitative estimate of drug-likeness (QED) is 0.838. The number of ether oxygens (including phenoxy) is 1. The molecule has 0 aromatic heterocycles. The van der Waals surface area contributed by atoms with Crippen molar-refractivity contribution in [1.29, 1.82) is 0 Å². The second-order valence-electron chi connectivity index (χ2n) is 5.61. The molecule has 0 fully saturated rings. The van der Waals surface area contributed by atoms with Crippen LogP contribution in [0.15, 0.2) is 24.3 Å². The van der Waals surface area contributed by atoms with Crippen molar-refractivity contribution < 1.29 is 4.74 Å². The highest BCUT2D eigenvalue weighted by atomic mass is 16.5. The molecule has 1 atom stereocenters. The first kappa shape index (κ1) is 14.0. The molecule has 1 rings (SSSR count). The predicted molar refractivity (Wildman–Crippen MR) is 73.5 cm³/mol. The number of rotatable bonds is 5. The van der Waals surface area contributed by atoms with E-state index in [1.807, 2.05) is 26.1 Å². The summed E-state index contributed by atoms with van der Waals surface area (Å²) in [6.07, 6.45) is 1.12. The van der Waals surface area contributed by atoms with Gasteiger partial charge in [-0.25, -0.2) is 0 Å². The van der Waals surface area contributed by atoms with Gasteiger partial charge in [0.15, 0.2) is 0 Å². The van der Waals surface area contributed by atoms with E-state index < -0.39 is 0 Å². The van der Waals surface area contributed by atoms with E-state index in [0.717, 1.165) is 18.8 Å². The average Bonchev–Trinajstić information content (AvgIpc) is 2.26. The Kier molecular flexibility index (Phi) is 5.01. The molecule has 1 aromatic carbocycles. The number of nitrogens with one attached hydrogen (secondary N) is 1. The highest BCUT2D eigenvalue weighted by molar-refractivity contribution is 5.29. The van der Waals surface area contributed by atoms with Gasteiger partial charge in [-0.1, -0.05) is 32.9 Å². The Balaban J connectivity index is 2.75. The molecular weight excluding hydrogens is 210 g/mol. The van der Waals surface area contributed by atoms with Gasteiger partial charge in [-0.2, -0.15) is 0 Å². The summed E-state index contributed by atoms with van der Waals surface area (Å²) >= 11 is 0. The molecule has 0 saturated carbocycles. The largest absolute Gasteiger partial charge is 0.494 e. The fraction of sp³-hybridized carbons (Fsp3) is 0.600. The van der Waals surface area contributed by atoms with Crippen molar-refractivity contribution in [3.8, 4) is 5.75 Å². The molecule has 1 unspecified atom stereocenters. The maximum atomic E-state index is 5.45. The number of benzene rings is 1. The molecule has 0 aliphatic carbocycles. The van der Waals surface area contributed by atoms with Crippen LogP contribution >= 0.6 is 0 Å². The molecule has 2 heteroatoms. The zero-order chi connectivity index (χ0) is 12.9. The van der Waals surface area contributed by atoms with Gasteiger partial charge >= 0.3 is 0 Å². The first-order chi connectivity index (χ1) is 7.96. The van der Waals surface area contributed by atoms with Crippen LogP contribution in [-0.2, 0) is 0 Å². The molecule has 0 amide bonds. The monoisotopic (exact) mass is 235 g/mol. The maximum Gasteiger partial charge on any atom is 0.119 e. The van der Waals surface area contributed by atoms with E-state index in [1.165, 1.54) is 5.56 Å². The van der Waals surface area contributed by atoms with Crippen LogP contribution in [0, 0.1) is 5.41 Å². The third kappa shape index (κ3) is 4.78. The third-order valence-electron chi connectivity index (χ3n) is 2.76. The molecule has 1 aromatic rings. The minimum absolute atomic E-state index is 0.326. The molecule has 0 heterocycles. The highest BCUT2D eigenvalue weighted by Gasteiger charge is 2.18. The Morgan fingerprint density at radius 2 is 1.76 bits per heavy atom. The lowest BCUT2D eigenvalue weighted by Crippen LogP contribution is -2.22. The van der Waals surface area contributed by atoms with Crippen molar-refractivity contribution in [2.45, 2.75) is 40.2 Å². The summed E-state index contributed by atoms with van der Waals surface area (Å²) in [5.41, 5.74) is 1.65. The molecule has 0 bridgehead atoms. The Labute approximate surface area is 105 Å². The lowest BCUT2D eigenvalue weighted by atomic mass is 9.85. The van der Waals surface area contributed by atoms with Crippen molar-refractivity contribution in [2.24, 2.45) is 5.41 Å².